The van der Waals surface area contributed by atoms with Gasteiger partial charge in [0.25, 0.3) is 6.43 Å². The van der Waals surface area contributed by atoms with Gasteiger partial charge in [0.2, 0.25) is 0 Å². The lowest BCUT2D eigenvalue weighted by Gasteiger charge is -2.07. The van der Waals surface area contributed by atoms with Crippen LogP contribution in [-0.2, 0) is 7.05 Å². The highest BCUT2D eigenvalue weighted by Crippen LogP contribution is 2.31. The minimum atomic E-state index is -2.57. The van der Waals surface area contributed by atoms with Crippen LogP contribution in [0.25, 0.3) is 22.3 Å². The summed E-state index contributed by atoms with van der Waals surface area (Å²) in [6.45, 7) is 0. The summed E-state index contributed by atoms with van der Waals surface area (Å²) in [5.41, 5.74) is 1.63. The van der Waals surface area contributed by atoms with Gasteiger partial charge in [0.05, 0.1) is 19.0 Å². The van der Waals surface area contributed by atoms with Crippen molar-refractivity contribution >= 4 is 11.0 Å². The van der Waals surface area contributed by atoms with Crippen LogP contribution in [0.4, 0.5) is 8.78 Å². The minimum Gasteiger partial charge on any atom is -0.497 e. The first-order chi connectivity index (χ1) is 10.1. The Kier molecular flexibility index (Phi) is 3.29. The molecular formula is C15H13F2N3O. The summed E-state index contributed by atoms with van der Waals surface area (Å²) < 4.78 is 33.1. The van der Waals surface area contributed by atoms with Crippen molar-refractivity contribution in [2.24, 2.45) is 7.05 Å². The molecule has 2 heterocycles. The number of fused-ring (bicyclic) bond motifs is 1. The number of alkyl halides is 2. The molecule has 1 aromatic carbocycles. The fourth-order valence-corrected chi connectivity index (χ4v) is 2.23. The summed E-state index contributed by atoms with van der Waals surface area (Å²) in [6.07, 6.45) is -1.15. The van der Waals surface area contributed by atoms with Gasteiger partial charge in [-0.15, -0.1) is 0 Å². The van der Waals surface area contributed by atoms with Crippen molar-refractivity contribution in [2.75, 3.05) is 7.11 Å². The third-order valence-corrected chi connectivity index (χ3v) is 3.36. The van der Waals surface area contributed by atoms with Gasteiger partial charge in [-0.1, -0.05) is 0 Å². The van der Waals surface area contributed by atoms with E-state index in [9.17, 15) is 8.78 Å². The number of hydrogen-bond donors (Lipinski definition) is 0. The number of hydrogen-bond acceptors (Lipinski definition) is 3. The van der Waals surface area contributed by atoms with Crippen LogP contribution >= 0.6 is 0 Å². The second kappa shape index (κ2) is 5.12. The number of aryl methyl sites for hydroxylation is 1. The molecule has 2 aromatic heterocycles. The molecule has 0 spiro atoms. The molecule has 0 bridgehead atoms. The summed E-state index contributed by atoms with van der Waals surface area (Å²) in [4.78, 5) is 4.43. The van der Waals surface area contributed by atoms with Crippen molar-refractivity contribution in [1.29, 1.82) is 0 Å². The summed E-state index contributed by atoms with van der Waals surface area (Å²) in [7, 11) is 3.26. The van der Waals surface area contributed by atoms with Crippen LogP contribution in [0.5, 0.6) is 5.75 Å². The number of rotatable bonds is 3. The smallest absolute Gasteiger partial charge is 0.264 e. The second-order valence-corrected chi connectivity index (χ2v) is 4.63. The molecule has 0 radical (unpaired) electrons. The highest BCUT2D eigenvalue weighted by Gasteiger charge is 2.17. The molecule has 0 unspecified atom stereocenters. The molecule has 0 fully saturated rings. The van der Waals surface area contributed by atoms with Crippen molar-refractivity contribution in [3.05, 3.63) is 42.1 Å². The van der Waals surface area contributed by atoms with Crippen molar-refractivity contribution in [2.45, 2.75) is 6.43 Å². The maximum atomic E-state index is 13.2. The molecule has 0 aliphatic carbocycles. The molecule has 0 saturated heterocycles. The molecule has 0 amide bonds. The molecule has 3 rings (SSSR count). The van der Waals surface area contributed by atoms with Crippen molar-refractivity contribution in [1.82, 2.24) is 14.8 Å². The highest BCUT2D eigenvalue weighted by molar-refractivity contribution is 5.82. The second-order valence-electron chi connectivity index (χ2n) is 4.63. The van der Waals surface area contributed by atoms with E-state index < -0.39 is 6.43 Å². The highest BCUT2D eigenvalue weighted by atomic mass is 19.3. The Morgan fingerprint density at radius 3 is 2.52 bits per heavy atom. The van der Waals surface area contributed by atoms with E-state index in [1.165, 1.54) is 16.9 Å². The fraction of sp³-hybridized carbons (Fsp3) is 0.200. The molecule has 0 atom stereocenters. The molecular weight excluding hydrogens is 276 g/mol. The Hall–Kier alpha value is -2.50. The first-order valence-electron chi connectivity index (χ1n) is 6.35. The minimum absolute atomic E-state index is 0.0566. The Morgan fingerprint density at radius 2 is 1.90 bits per heavy atom. The Balaban J connectivity index is 2.19. The van der Waals surface area contributed by atoms with Crippen LogP contribution in [0, 0.1) is 0 Å². The largest absolute Gasteiger partial charge is 0.497 e. The van der Waals surface area contributed by atoms with E-state index in [1.54, 1.807) is 38.4 Å². The van der Waals surface area contributed by atoms with Gasteiger partial charge < -0.3 is 4.74 Å². The van der Waals surface area contributed by atoms with Gasteiger partial charge in [-0.3, -0.25) is 4.68 Å². The van der Waals surface area contributed by atoms with Crippen LogP contribution in [0.2, 0.25) is 0 Å². The van der Waals surface area contributed by atoms with E-state index in [4.69, 9.17) is 4.74 Å². The third-order valence-electron chi connectivity index (χ3n) is 3.36. The molecule has 0 N–H and O–H groups in total. The number of nitrogens with zero attached hydrogens (tertiary/aromatic N) is 3. The van der Waals surface area contributed by atoms with Gasteiger partial charge in [0.15, 0.2) is 5.65 Å². The van der Waals surface area contributed by atoms with E-state index in [0.29, 0.717) is 22.5 Å². The lowest BCUT2D eigenvalue weighted by Crippen LogP contribution is -1.96. The number of halogens is 2. The first-order valence-corrected chi connectivity index (χ1v) is 6.35. The van der Waals surface area contributed by atoms with Gasteiger partial charge in [0.1, 0.15) is 5.75 Å². The fourth-order valence-electron chi connectivity index (χ4n) is 2.23. The summed E-state index contributed by atoms with van der Waals surface area (Å²) in [5.74, 6) is 0.703. The topological polar surface area (TPSA) is 39.9 Å². The number of methoxy groups -OCH3 is 1. The molecule has 0 aliphatic heterocycles. The SMILES string of the molecule is COc1ccc(-c2cc(C(F)F)c3cnn(C)c3n2)cc1. The number of pyridine rings is 1. The number of aromatic nitrogens is 3. The van der Waals surface area contributed by atoms with Crippen LogP contribution in [0.3, 0.4) is 0 Å². The van der Waals surface area contributed by atoms with E-state index in [-0.39, 0.29) is 5.56 Å². The molecule has 3 aromatic rings. The lowest BCUT2D eigenvalue weighted by molar-refractivity contribution is 0.153. The Morgan fingerprint density at radius 1 is 1.19 bits per heavy atom. The zero-order valence-electron chi connectivity index (χ0n) is 11.5. The van der Waals surface area contributed by atoms with Crippen molar-refractivity contribution < 1.29 is 13.5 Å². The van der Waals surface area contributed by atoms with Gasteiger partial charge >= 0.3 is 0 Å². The Labute approximate surface area is 120 Å². The van der Waals surface area contributed by atoms with Crippen LogP contribution in [-0.4, -0.2) is 21.9 Å². The lowest BCUT2D eigenvalue weighted by atomic mass is 10.1. The summed E-state index contributed by atoms with van der Waals surface area (Å²) in [6, 6.07) is 8.53. The molecule has 21 heavy (non-hydrogen) atoms. The quantitative estimate of drug-likeness (QED) is 0.740. The van der Waals surface area contributed by atoms with E-state index in [1.807, 2.05) is 0 Å². The summed E-state index contributed by atoms with van der Waals surface area (Å²) >= 11 is 0. The predicted octanol–water partition coefficient (Wildman–Crippen LogP) is 3.58. The van der Waals surface area contributed by atoms with Crippen molar-refractivity contribution in [3.63, 3.8) is 0 Å². The number of ether oxygens (including phenoxy) is 1. The normalized spacial score (nSPS) is 11.3. The average Bonchev–Trinajstić information content (AvgIpc) is 2.88. The first kappa shape index (κ1) is 13.5. The van der Waals surface area contributed by atoms with E-state index >= 15 is 0 Å². The monoisotopic (exact) mass is 289 g/mol. The molecule has 108 valence electrons. The van der Waals surface area contributed by atoms with Gasteiger partial charge in [-0.05, 0) is 30.3 Å². The average molecular weight is 289 g/mol. The summed E-state index contributed by atoms with van der Waals surface area (Å²) in [5, 5.41) is 4.38. The maximum absolute atomic E-state index is 13.2. The molecule has 0 saturated carbocycles. The van der Waals surface area contributed by atoms with Gasteiger partial charge in [-0.25, -0.2) is 13.8 Å². The van der Waals surface area contributed by atoms with Gasteiger partial charge in [-0.2, -0.15) is 5.10 Å². The van der Waals surface area contributed by atoms with Crippen LogP contribution in [0.1, 0.15) is 12.0 Å². The Bertz CT molecular complexity index is 781. The van der Waals surface area contributed by atoms with E-state index in [0.717, 1.165) is 5.56 Å². The van der Waals surface area contributed by atoms with E-state index in [2.05, 4.69) is 10.1 Å². The molecule has 4 nitrogen and oxygen atoms in total. The number of benzene rings is 1. The molecule has 6 heteroatoms. The van der Waals surface area contributed by atoms with Gasteiger partial charge in [0, 0.05) is 23.6 Å². The third kappa shape index (κ3) is 2.33. The van der Waals surface area contributed by atoms with Crippen LogP contribution in [0.15, 0.2) is 36.5 Å². The van der Waals surface area contributed by atoms with Crippen LogP contribution < -0.4 is 4.74 Å². The standard InChI is InChI=1S/C15H13F2N3O/c1-20-15-12(8-18-20)11(14(16)17)7-13(19-15)9-3-5-10(21-2)6-4-9/h3-8,14H,1-2H3. The predicted molar refractivity (Wildman–Crippen MR) is 75.5 cm³/mol. The molecule has 0 aliphatic rings. The zero-order chi connectivity index (χ0) is 15.0. The van der Waals surface area contributed by atoms with Crippen molar-refractivity contribution in [3.8, 4) is 17.0 Å². The maximum Gasteiger partial charge on any atom is 0.264 e. The zero-order valence-corrected chi connectivity index (χ0v) is 11.5.